The number of rotatable bonds is 7. The molecule has 0 N–H and O–H groups in total. The van der Waals surface area contributed by atoms with Gasteiger partial charge in [-0.1, -0.05) is 24.8 Å². The van der Waals surface area contributed by atoms with Crippen LogP contribution in [0.15, 0.2) is 36.9 Å². The SMILES string of the molecule is C=CC(CC)C1CCC(C(=O)Oc2ccc(C#CC3CCC(OC(F)C(F)(F)F)CC3)cc2)CC1. The average molecular weight is 495 g/mol. The van der Waals surface area contributed by atoms with Gasteiger partial charge in [0.2, 0.25) is 0 Å². The Morgan fingerprint density at radius 2 is 1.71 bits per heavy atom. The van der Waals surface area contributed by atoms with E-state index in [-0.39, 0.29) is 17.8 Å². The van der Waals surface area contributed by atoms with Crippen LogP contribution < -0.4 is 4.74 Å². The predicted molar refractivity (Wildman–Crippen MR) is 126 cm³/mol. The van der Waals surface area contributed by atoms with E-state index in [1.165, 1.54) is 0 Å². The number of halogens is 4. The molecule has 2 atom stereocenters. The normalized spacial score (nSPS) is 26.7. The Balaban J connectivity index is 1.43. The van der Waals surface area contributed by atoms with Gasteiger partial charge in [0.1, 0.15) is 5.75 Å². The lowest BCUT2D eigenvalue weighted by molar-refractivity contribution is -0.279. The van der Waals surface area contributed by atoms with Crippen molar-refractivity contribution in [3.05, 3.63) is 42.5 Å². The Hall–Kier alpha value is -2.33. The number of carbonyl (C=O) groups excluding carboxylic acids is 1. The van der Waals surface area contributed by atoms with Crippen molar-refractivity contribution in [1.29, 1.82) is 0 Å². The second-order valence-electron chi connectivity index (χ2n) is 9.60. The summed E-state index contributed by atoms with van der Waals surface area (Å²) >= 11 is 0. The largest absolute Gasteiger partial charge is 0.445 e. The highest BCUT2D eigenvalue weighted by molar-refractivity contribution is 5.75. The van der Waals surface area contributed by atoms with E-state index in [4.69, 9.17) is 4.74 Å². The Morgan fingerprint density at radius 3 is 2.26 bits per heavy atom. The van der Waals surface area contributed by atoms with Gasteiger partial charge in [-0.25, -0.2) is 4.39 Å². The van der Waals surface area contributed by atoms with Gasteiger partial charge in [-0.15, -0.1) is 6.58 Å². The number of ether oxygens (including phenoxy) is 2. The maximum absolute atomic E-state index is 13.0. The van der Waals surface area contributed by atoms with Gasteiger partial charge in [-0.05, 0) is 93.9 Å². The molecule has 2 saturated carbocycles. The molecule has 0 heterocycles. The van der Waals surface area contributed by atoms with Crippen LogP contribution in [0.3, 0.4) is 0 Å². The van der Waals surface area contributed by atoms with Crippen molar-refractivity contribution < 1.29 is 31.8 Å². The van der Waals surface area contributed by atoms with Gasteiger partial charge in [-0.2, -0.15) is 13.2 Å². The van der Waals surface area contributed by atoms with Gasteiger partial charge in [0.25, 0.3) is 6.36 Å². The Bertz CT molecular complexity index is 884. The third kappa shape index (κ3) is 8.10. The van der Waals surface area contributed by atoms with Crippen molar-refractivity contribution in [3.8, 4) is 17.6 Å². The molecule has 0 amide bonds. The Kier molecular flexibility index (Phi) is 9.80. The summed E-state index contributed by atoms with van der Waals surface area (Å²) in [4.78, 5) is 12.6. The number of carbonyl (C=O) groups is 1. The van der Waals surface area contributed by atoms with E-state index in [1.54, 1.807) is 24.3 Å². The lowest BCUT2D eigenvalue weighted by Gasteiger charge is -2.31. The third-order valence-corrected chi connectivity index (χ3v) is 7.22. The number of hydrogen-bond donors (Lipinski definition) is 0. The number of benzene rings is 1. The molecule has 0 aromatic heterocycles. The first-order valence-electron chi connectivity index (χ1n) is 12.5. The van der Waals surface area contributed by atoms with E-state index >= 15 is 0 Å². The molecule has 1 aromatic rings. The minimum Gasteiger partial charge on any atom is -0.426 e. The Labute approximate surface area is 205 Å². The molecule has 2 fully saturated rings. The zero-order valence-electron chi connectivity index (χ0n) is 20.2. The highest BCUT2D eigenvalue weighted by Crippen LogP contribution is 2.36. The lowest BCUT2D eigenvalue weighted by atomic mass is 9.75. The molecule has 0 aliphatic heterocycles. The third-order valence-electron chi connectivity index (χ3n) is 7.22. The minimum atomic E-state index is -4.99. The molecule has 2 aliphatic carbocycles. The van der Waals surface area contributed by atoms with Crippen molar-refractivity contribution >= 4 is 5.97 Å². The molecule has 7 heteroatoms. The van der Waals surface area contributed by atoms with E-state index in [2.05, 4.69) is 30.1 Å². The summed E-state index contributed by atoms with van der Waals surface area (Å²) in [5, 5.41) is 0. The van der Waals surface area contributed by atoms with E-state index in [0.717, 1.165) is 37.7 Å². The van der Waals surface area contributed by atoms with Gasteiger partial charge in [0.05, 0.1) is 12.0 Å². The molecule has 2 unspecified atom stereocenters. The van der Waals surface area contributed by atoms with Gasteiger partial charge in [-0.3, -0.25) is 4.79 Å². The fourth-order valence-electron chi connectivity index (χ4n) is 5.06. The van der Waals surface area contributed by atoms with Crippen LogP contribution in [-0.4, -0.2) is 24.6 Å². The summed E-state index contributed by atoms with van der Waals surface area (Å²) in [6, 6.07) is 7.02. The number of esters is 1. The highest BCUT2D eigenvalue weighted by atomic mass is 19.4. The predicted octanol–water partition coefficient (Wildman–Crippen LogP) is 7.40. The first-order valence-corrected chi connectivity index (χ1v) is 12.5. The van der Waals surface area contributed by atoms with Gasteiger partial charge in [0, 0.05) is 11.5 Å². The van der Waals surface area contributed by atoms with Crippen molar-refractivity contribution in [2.45, 2.75) is 83.3 Å². The maximum Gasteiger partial charge on any atom is 0.445 e. The number of alkyl halides is 4. The quantitative estimate of drug-likeness (QED) is 0.130. The molecule has 3 nitrogen and oxygen atoms in total. The van der Waals surface area contributed by atoms with Crippen molar-refractivity contribution in [1.82, 2.24) is 0 Å². The summed E-state index contributed by atoms with van der Waals surface area (Å²) in [7, 11) is 0. The van der Waals surface area contributed by atoms with Crippen LogP contribution in [0.25, 0.3) is 0 Å². The number of hydrogen-bond acceptors (Lipinski definition) is 3. The second kappa shape index (κ2) is 12.6. The molecule has 192 valence electrons. The van der Waals surface area contributed by atoms with E-state index in [9.17, 15) is 22.4 Å². The van der Waals surface area contributed by atoms with E-state index < -0.39 is 18.6 Å². The van der Waals surface area contributed by atoms with Crippen LogP contribution in [0.4, 0.5) is 17.6 Å². The average Bonchev–Trinajstić information content (AvgIpc) is 2.85. The smallest absolute Gasteiger partial charge is 0.426 e. The molecule has 0 saturated heterocycles. The van der Waals surface area contributed by atoms with Crippen LogP contribution in [-0.2, 0) is 9.53 Å². The molecule has 2 aliphatic rings. The molecule has 0 radical (unpaired) electrons. The summed E-state index contributed by atoms with van der Waals surface area (Å²) in [5.41, 5.74) is 0.764. The molecular formula is C28H34F4O3. The van der Waals surface area contributed by atoms with Crippen LogP contribution in [0, 0.1) is 35.5 Å². The van der Waals surface area contributed by atoms with Crippen LogP contribution in [0.5, 0.6) is 5.75 Å². The second-order valence-corrected chi connectivity index (χ2v) is 9.60. The van der Waals surface area contributed by atoms with Crippen LogP contribution >= 0.6 is 0 Å². The fraction of sp³-hybridized carbons (Fsp3) is 0.607. The zero-order valence-corrected chi connectivity index (χ0v) is 20.2. The van der Waals surface area contributed by atoms with E-state index in [0.29, 0.717) is 43.3 Å². The molecule has 1 aromatic carbocycles. The zero-order chi connectivity index (χ0) is 25.4. The van der Waals surface area contributed by atoms with Gasteiger partial charge >= 0.3 is 12.1 Å². The summed E-state index contributed by atoms with van der Waals surface area (Å²) < 4.78 is 60.0. The van der Waals surface area contributed by atoms with Crippen molar-refractivity contribution in [3.63, 3.8) is 0 Å². The molecule has 0 spiro atoms. The van der Waals surface area contributed by atoms with Crippen molar-refractivity contribution in [2.24, 2.45) is 23.7 Å². The molecule has 0 bridgehead atoms. The van der Waals surface area contributed by atoms with E-state index in [1.807, 2.05) is 6.08 Å². The first-order chi connectivity index (χ1) is 16.7. The maximum atomic E-state index is 13.0. The molecule has 3 rings (SSSR count). The summed E-state index contributed by atoms with van der Waals surface area (Å²) in [5.74, 6) is 7.58. The van der Waals surface area contributed by atoms with Crippen LogP contribution in [0.2, 0.25) is 0 Å². The standard InChI is InChI=1S/C28H34F4O3/c1-3-21(4-2)22-11-13-23(14-12-22)26(33)34-24-15-7-19(8-16-24)5-6-20-9-17-25(18-10-20)35-27(29)28(30,31)32/h3,7-8,15-16,20-23,25,27H,1,4,9-14,17-18H2,2H3. The highest BCUT2D eigenvalue weighted by Gasteiger charge is 2.43. The Morgan fingerprint density at radius 1 is 1.09 bits per heavy atom. The topological polar surface area (TPSA) is 35.5 Å². The fourth-order valence-corrected chi connectivity index (χ4v) is 5.06. The van der Waals surface area contributed by atoms with Crippen molar-refractivity contribution in [2.75, 3.05) is 0 Å². The molecule has 35 heavy (non-hydrogen) atoms. The molecular weight excluding hydrogens is 460 g/mol. The minimum absolute atomic E-state index is 0.0276. The lowest BCUT2D eigenvalue weighted by Crippen LogP contribution is -2.33. The summed E-state index contributed by atoms with van der Waals surface area (Å²) in [6.07, 6.45) is -0.307. The monoisotopic (exact) mass is 494 g/mol. The number of allylic oxidation sites excluding steroid dienone is 1. The van der Waals surface area contributed by atoms with Gasteiger partial charge in [0.15, 0.2) is 0 Å². The summed E-state index contributed by atoms with van der Waals surface area (Å²) in [6.45, 7) is 6.10. The van der Waals surface area contributed by atoms with Crippen LogP contribution in [0.1, 0.15) is 70.3 Å². The first kappa shape index (κ1) is 27.3. The van der Waals surface area contributed by atoms with Gasteiger partial charge < -0.3 is 9.47 Å².